The first-order valence-corrected chi connectivity index (χ1v) is 8.63. The Bertz CT molecular complexity index is 727. The molecule has 1 aromatic heterocycles. The third-order valence-electron chi connectivity index (χ3n) is 4.59. The zero-order valence-corrected chi connectivity index (χ0v) is 15.2. The summed E-state index contributed by atoms with van der Waals surface area (Å²) in [5.74, 6) is 0.0598. The van der Waals surface area contributed by atoms with E-state index in [2.05, 4.69) is 40.2 Å². The van der Waals surface area contributed by atoms with Crippen molar-refractivity contribution in [3.05, 3.63) is 46.2 Å². The van der Waals surface area contributed by atoms with E-state index >= 15 is 0 Å². The first-order valence-electron chi connectivity index (χ1n) is 7.84. The number of rotatable bonds is 2. The van der Waals surface area contributed by atoms with E-state index in [9.17, 15) is 4.79 Å². The number of hydrogen-bond donors (Lipinski definition) is 1. The number of aromatic nitrogens is 2. The predicted molar refractivity (Wildman–Crippen MR) is 94.0 cm³/mol. The minimum atomic E-state index is 0.0598. The fourth-order valence-corrected chi connectivity index (χ4v) is 3.37. The summed E-state index contributed by atoms with van der Waals surface area (Å²) in [6.07, 6.45) is 1.68. The zero-order valence-electron chi connectivity index (χ0n) is 13.6. The number of nitrogens with zero attached hydrogens (tertiary/aromatic N) is 3. The van der Waals surface area contributed by atoms with Crippen LogP contribution in [0.4, 0.5) is 0 Å². The van der Waals surface area contributed by atoms with Crippen LogP contribution in [-0.4, -0.2) is 45.8 Å². The highest BCUT2D eigenvalue weighted by molar-refractivity contribution is 9.10. The van der Waals surface area contributed by atoms with E-state index in [1.165, 1.54) is 0 Å². The highest BCUT2D eigenvalue weighted by Crippen LogP contribution is 2.21. The van der Waals surface area contributed by atoms with Gasteiger partial charge in [-0.15, -0.1) is 0 Å². The maximum atomic E-state index is 12.9. The molecule has 0 saturated carbocycles. The molecule has 5 nitrogen and oxygen atoms in total. The van der Waals surface area contributed by atoms with Gasteiger partial charge in [0.05, 0.1) is 23.1 Å². The molecule has 1 aliphatic rings. The average Bonchev–Trinajstić information content (AvgIpc) is 2.91. The second kappa shape index (κ2) is 6.45. The van der Waals surface area contributed by atoms with Gasteiger partial charge in [-0.05, 0) is 39.0 Å². The Morgan fingerprint density at radius 2 is 2.17 bits per heavy atom. The number of benzene rings is 1. The van der Waals surface area contributed by atoms with Gasteiger partial charge in [-0.3, -0.25) is 4.79 Å². The van der Waals surface area contributed by atoms with Gasteiger partial charge in [0, 0.05) is 29.6 Å². The number of hydrogen-bond acceptors (Lipinski definition) is 3. The fourth-order valence-electron chi connectivity index (χ4n) is 2.99. The summed E-state index contributed by atoms with van der Waals surface area (Å²) in [6.45, 7) is 7.70. The Morgan fingerprint density at radius 3 is 2.91 bits per heavy atom. The highest BCUT2D eigenvalue weighted by Gasteiger charge is 2.30. The molecule has 0 bridgehead atoms. The van der Waals surface area contributed by atoms with Gasteiger partial charge in [0.2, 0.25) is 0 Å². The van der Waals surface area contributed by atoms with E-state index in [4.69, 9.17) is 0 Å². The topological polar surface area (TPSA) is 50.2 Å². The number of carbonyl (C=O) groups is 1. The molecular weight excluding hydrogens is 356 g/mol. The van der Waals surface area contributed by atoms with Crippen LogP contribution in [0.3, 0.4) is 0 Å². The predicted octanol–water partition coefficient (Wildman–Crippen LogP) is 2.77. The van der Waals surface area contributed by atoms with Crippen molar-refractivity contribution in [1.82, 2.24) is 20.0 Å². The summed E-state index contributed by atoms with van der Waals surface area (Å²) in [7, 11) is 0. The first kappa shape index (κ1) is 16.2. The van der Waals surface area contributed by atoms with Crippen LogP contribution in [0, 0.1) is 6.92 Å². The quantitative estimate of drug-likeness (QED) is 0.876. The molecule has 1 aliphatic heterocycles. The molecule has 2 atom stereocenters. The largest absolute Gasteiger partial charge is 0.333 e. The molecular formula is C17H21BrN4O. The summed E-state index contributed by atoms with van der Waals surface area (Å²) in [5, 5.41) is 7.82. The molecule has 2 heterocycles. The van der Waals surface area contributed by atoms with Crippen molar-refractivity contribution in [3.63, 3.8) is 0 Å². The summed E-state index contributed by atoms with van der Waals surface area (Å²) in [5.41, 5.74) is 2.48. The number of nitrogens with one attached hydrogen (secondary N) is 1. The standard InChI is InChI=1S/C17H21BrN4O/c1-11-12(2)21(8-7-19-11)17(23)16-10-20-22(13(16)3)15-6-4-5-14(18)9-15/h4-6,9-12,19H,7-8H2,1-3H3. The van der Waals surface area contributed by atoms with E-state index in [1.807, 2.05) is 40.8 Å². The minimum absolute atomic E-state index is 0.0598. The van der Waals surface area contributed by atoms with Gasteiger partial charge < -0.3 is 10.2 Å². The lowest BCUT2D eigenvalue weighted by Crippen LogP contribution is -2.57. The molecule has 0 radical (unpaired) electrons. The summed E-state index contributed by atoms with van der Waals surface area (Å²) >= 11 is 3.47. The van der Waals surface area contributed by atoms with Gasteiger partial charge in [-0.1, -0.05) is 22.0 Å². The van der Waals surface area contributed by atoms with Crippen molar-refractivity contribution in [2.24, 2.45) is 0 Å². The summed E-state index contributed by atoms with van der Waals surface area (Å²) < 4.78 is 2.80. The molecule has 1 saturated heterocycles. The molecule has 2 aromatic rings. The summed E-state index contributed by atoms with van der Waals surface area (Å²) in [4.78, 5) is 14.9. The van der Waals surface area contributed by atoms with Gasteiger partial charge in [-0.2, -0.15) is 5.10 Å². The minimum Gasteiger partial charge on any atom is -0.333 e. The van der Waals surface area contributed by atoms with Crippen LogP contribution in [0.2, 0.25) is 0 Å². The van der Waals surface area contributed by atoms with Gasteiger partial charge in [0.1, 0.15) is 0 Å². The monoisotopic (exact) mass is 376 g/mol. The lowest BCUT2D eigenvalue weighted by molar-refractivity contribution is 0.0602. The van der Waals surface area contributed by atoms with Crippen molar-refractivity contribution < 1.29 is 4.79 Å². The Morgan fingerprint density at radius 1 is 1.39 bits per heavy atom. The number of piperazine rings is 1. The van der Waals surface area contributed by atoms with Crippen LogP contribution in [0.25, 0.3) is 5.69 Å². The maximum absolute atomic E-state index is 12.9. The van der Waals surface area contributed by atoms with Crippen LogP contribution in [-0.2, 0) is 0 Å². The molecule has 1 N–H and O–H groups in total. The lowest BCUT2D eigenvalue weighted by atomic mass is 10.1. The molecule has 6 heteroatoms. The van der Waals surface area contributed by atoms with Gasteiger partial charge >= 0.3 is 0 Å². The van der Waals surface area contributed by atoms with Crippen molar-refractivity contribution in [2.75, 3.05) is 13.1 Å². The molecule has 23 heavy (non-hydrogen) atoms. The van der Waals surface area contributed by atoms with Crippen LogP contribution in [0.1, 0.15) is 29.9 Å². The third kappa shape index (κ3) is 3.05. The van der Waals surface area contributed by atoms with Gasteiger partial charge in [0.25, 0.3) is 5.91 Å². The third-order valence-corrected chi connectivity index (χ3v) is 5.08. The van der Waals surface area contributed by atoms with E-state index in [0.29, 0.717) is 11.6 Å². The number of amides is 1. The molecule has 1 fully saturated rings. The molecule has 3 rings (SSSR count). The van der Waals surface area contributed by atoms with E-state index < -0.39 is 0 Å². The van der Waals surface area contributed by atoms with Crippen molar-refractivity contribution >= 4 is 21.8 Å². The number of carbonyl (C=O) groups excluding carboxylic acids is 1. The average molecular weight is 377 g/mol. The number of halogens is 1. The molecule has 1 amide bonds. The Hall–Kier alpha value is -1.66. The molecule has 122 valence electrons. The van der Waals surface area contributed by atoms with Gasteiger partial charge in [0.15, 0.2) is 0 Å². The Labute approximate surface area is 144 Å². The second-order valence-corrected chi connectivity index (χ2v) is 6.93. The van der Waals surface area contributed by atoms with Crippen molar-refractivity contribution in [3.8, 4) is 5.69 Å². The lowest BCUT2D eigenvalue weighted by Gasteiger charge is -2.38. The van der Waals surface area contributed by atoms with Crippen LogP contribution in [0.5, 0.6) is 0 Å². The zero-order chi connectivity index (χ0) is 16.6. The van der Waals surface area contributed by atoms with Crippen LogP contribution < -0.4 is 5.32 Å². The van der Waals surface area contributed by atoms with Crippen LogP contribution in [0.15, 0.2) is 34.9 Å². The molecule has 0 aliphatic carbocycles. The maximum Gasteiger partial charge on any atom is 0.257 e. The normalized spacial score (nSPS) is 21.5. The smallest absolute Gasteiger partial charge is 0.257 e. The van der Waals surface area contributed by atoms with E-state index in [0.717, 1.165) is 28.9 Å². The summed E-state index contributed by atoms with van der Waals surface area (Å²) in [6, 6.07) is 8.37. The van der Waals surface area contributed by atoms with E-state index in [-0.39, 0.29) is 11.9 Å². The SMILES string of the molecule is Cc1c(C(=O)N2CCNC(C)C2C)cnn1-c1cccc(Br)c1. The fraction of sp³-hybridized carbons (Fsp3) is 0.412. The molecule has 0 spiro atoms. The van der Waals surface area contributed by atoms with Crippen LogP contribution >= 0.6 is 15.9 Å². The van der Waals surface area contributed by atoms with Crippen molar-refractivity contribution in [2.45, 2.75) is 32.9 Å². The van der Waals surface area contributed by atoms with Gasteiger partial charge in [-0.25, -0.2) is 4.68 Å². The second-order valence-electron chi connectivity index (χ2n) is 6.02. The Kier molecular flexibility index (Phi) is 4.55. The van der Waals surface area contributed by atoms with Crippen molar-refractivity contribution in [1.29, 1.82) is 0 Å². The Balaban J connectivity index is 1.91. The first-order chi connectivity index (χ1) is 11.0. The highest BCUT2D eigenvalue weighted by atomic mass is 79.9. The molecule has 2 unspecified atom stereocenters. The molecule has 1 aromatic carbocycles. The van der Waals surface area contributed by atoms with E-state index in [1.54, 1.807) is 6.20 Å².